The Bertz CT molecular complexity index is 839. The molecule has 0 atom stereocenters. The lowest BCUT2D eigenvalue weighted by atomic mass is 9.92. The van der Waals surface area contributed by atoms with Crippen LogP contribution in [0.3, 0.4) is 0 Å². The van der Waals surface area contributed by atoms with Crippen LogP contribution in [0.25, 0.3) is 0 Å². The number of hydrogen-bond acceptors (Lipinski definition) is 6. The Hall–Kier alpha value is -2.45. The molecule has 1 saturated carbocycles. The van der Waals surface area contributed by atoms with Gasteiger partial charge in [0.05, 0.1) is 32.9 Å². The van der Waals surface area contributed by atoms with Crippen LogP contribution in [0.4, 0.5) is 5.69 Å². The topological polar surface area (TPSA) is 107 Å². The molecule has 1 aromatic carbocycles. The van der Waals surface area contributed by atoms with Gasteiger partial charge in [0.1, 0.15) is 6.10 Å². The molecule has 10 heteroatoms. The summed E-state index contributed by atoms with van der Waals surface area (Å²) < 4.78 is 5.72. The van der Waals surface area contributed by atoms with Gasteiger partial charge >= 0.3 is 6.01 Å². The van der Waals surface area contributed by atoms with Crippen molar-refractivity contribution < 1.29 is 14.5 Å². The molecule has 0 radical (unpaired) electrons. The van der Waals surface area contributed by atoms with E-state index in [1.807, 2.05) is 0 Å². The number of carbonyl (C=O) groups is 1. The fourth-order valence-electron chi connectivity index (χ4n) is 2.90. The van der Waals surface area contributed by atoms with E-state index in [1.54, 1.807) is 0 Å². The minimum absolute atomic E-state index is 0.0410. The Kier molecular flexibility index (Phi) is 6.08. The number of halogens is 2. The van der Waals surface area contributed by atoms with Gasteiger partial charge in [0.2, 0.25) is 0 Å². The van der Waals surface area contributed by atoms with Crippen molar-refractivity contribution in [1.82, 2.24) is 15.3 Å². The molecule has 1 heterocycles. The van der Waals surface area contributed by atoms with Crippen LogP contribution in [0.2, 0.25) is 10.0 Å². The average Bonchev–Trinajstić information content (AvgIpc) is 2.65. The van der Waals surface area contributed by atoms with E-state index in [2.05, 4.69) is 15.3 Å². The van der Waals surface area contributed by atoms with E-state index in [1.165, 1.54) is 30.6 Å². The smallest absolute Gasteiger partial charge is 0.316 e. The minimum atomic E-state index is -0.561. The molecule has 0 aliphatic heterocycles. The van der Waals surface area contributed by atoms with Crippen LogP contribution in [0.15, 0.2) is 30.6 Å². The molecule has 0 unspecified atom stereocenters. The molecule has 1 aliphatic rings. The second-order valence-corrected chi connectivity index (χ2v) is 7.01. The molecule has 8 nitrogen and oxygen atoms in total. The molecule has 1 fully saturated rings. The van der Waals surface area contributed by atoms with Crippen molar-refractivity contribution in [2.75, 3.05) is 0 Å². The van der Waals surface area contributed by atoms with Gasteiger partial charge in [-0.3, -0.25) is 14.9 Å². The Balaban J connectivity index is 1.54. The second-order valence-electron chi connectivity index (χ2n) is 6.17. The lowest BCUT2D eigenvalue weighted by molar-refractivity contribution is -0.384. The first-order valence-electron chi connectivity index (χ1n) is 8.31. The molecule has 1 amide bonds. The Labute approximate surface area is 165 Å². The summed E-state index contributed by atoms with van der Waals surface area (Å²) >= 11 is 11.8. The van der Waals surface area contributed by atoms with Gasteiger partial charge < -0.3 is 10.1 Å². The van der Waals surface area contributed by atoms with Crippen molar-refractivity contribution in [3.63, 3.8) is 0 Å². The van der Waals surface area contributed by atoms with E-state index in [9.17, 15) is 14.9 Å². The quantitative estimate of drug-likeness (QED) is 0.592. The second kappa shape index (κ2) is 8.49. The monoisotopic (exact) mass is 410 g/mol. The fraction of sp³-hybridized carbons (Fsp3) is 0.353. The van der Waals surface area contributed by atoms with Crippen LogP contribution in [-0.4, -0.2) is 32.9 Å². The maximum Gasteiger partial charge on any atom is 0.316 e. The Morgan fingerprint density at radius 2 is 1.85 bits per heavy atom. The van der Waals surface area contributed by atoms with Gasteiger partial charge in [0.25, 0.3) is 11.6 Å². The maximum absolute atomic E-state index is 12.4. The normalized spacial score (nSPS) is 19.3. The number of rotatable bonds is 5. The van der Waals surface area contributed by atoms with Crippen LogP contribution in [-0.2, 0) is 0 Å². The number of aromatic nitrogens is 2. The lowest BCUT2D eigenvalue weighted by Gasteiger charge is -2.28. The zero-order chi connectivity index (χ0) is 19.4. The van der Waals surface area contributed by atoms with Crippen molar-refractivity contribution in [3.8, 4) is 6.01 Å². The third-order valence-corrected chi connectivity index (χ3v) is 4.81. The van der Waals surface area contributed by atoms with Crippen molar-refractivity contribution in [1.29, 1.82) is 0 Å². The summed E-state index contributed by atoms with van der Waals surface area (Å²) in [7, 11) is 0. The highest BCUT2D eigenvalue weighted by atomic mass is 35.5. The Morgan fingerprint density at radius 1 is 1.19 bits per heavy atom. The summed E-state index contributed by atoms with van der Waals surface area (Å²) in [4.78, 5) is 30.8. The first-order chi connectivity index (χ1) is 12.9. The van der Waals surface area contributed by atoms with Crippen molar-refractivity contribution in [2.24, 2.45) is 0 Å². The zero-order valence-corrected chi connectivity index (χ0v) is 15.6. The van der Waals surface area contributed by atoms with Gasteiger partial charge in [-0.05, 0) is 31.7 Å². The van der Waals surface area contributed by atoms with Crippen LogP contribution < -0.4 is 10.1 Å². The molecule has 0 bridgehead atoms. The predicted molar refractivity (Wildman–Crippen MR) is 99.3 cm³/mol. The van der Waals surface area contributed by atoms with Gasteiger partial charge in [-0.25, -0.2) is 9.97 Å². The average molecular weight is 411 g/mol. The highest BCUT2D eigenvalue weighted by Crippen LogP contribution is 2.25. The van der Waals surface area contributed by atoms with Crippen LogP contribution in [0.5, 0.6) is 6.01 Å². The van der Waals surface area contributed by atoms with Crippen LogP contribution in [0, 0.1) is 10.1 Å². The highest BCUT2D eigenvalue weighted by molar-refractivity contribution is 6.34. The summed E-state index contributed by atoms with van der Waals surface area (Å²) in [5, 5.41) is 14.4. The number of ether oxygens (including phenoxy) is 1. The fourth-order valence-corrected chi connectivity index (χ4v) is 3.20. The van der Waals surface area contributed by atoms with Gasteiger partial charge in [0, 0.05) is 18.2 Å². The molecule has 1 aliphatic carbocycles. The highest BCUT2D eigenvalue weighted by Gasteiger charge is 2.25. The molecular formula is C17H16Cl2N4O4. The summed E-state index contributed by atoms with van der Waals surface area (Å²) in [6, 6.07) is 4.02. The van der Waals surface area contributed by atoms with E-state index >= 15 is 0 Å². The number of hydrogen-bond donors (Lipinski definition) is 1. The number of amides is 1. The van der Waals surface area contributed by atoms with E-state index in [-0.39, 0.29) is 34.4 Å². The number of non-ortho nitro benzene ring substituents is 1. The third-order valence-electron chi connectivity index (χ3n) is 4.28. The minimum Gasteiger partial charge on any atom is -0.460 e. The largest absolute Gasteiger partial charge is 0.460 e. The number of nitro benzene ring substituents is 1. The van der Waals surface area contributed by atoms with Crippen molar-refractivity contribution in [3.05, 3.63) is 56.3 Å². The summed E-state index contributed by atoms with van der Waals surface area (Å²) in [5.41, 5.74) is -0.0802. The molecule has 0 spiro atoms. The SMILES string of the molecule is O=C(NC1CCC(Oc2ncc(Cl)cn2)CC1)c1cc([N+](=O)[O-])ccc1Cl. The predicted octanol–water partition coefficient (Wildman–Crippen LogP) is 3.81. The van der Waals surface area contributed by atoms with Gasteiger partial charge in [-0.2, -0.15) is 0 Å². The van der Waals surface area contributed by atoms with Crippen molar-refractivity contribution in [2.45, 2.75) is 37.8 Å². The molecular weight excluding hydrogens is 395 g/mol. The Morgan fingerprint density at radius 3 is 2.48 bits per heavy atom. The summed E-state index contributed by atoms with van der Waals surface area (Å²) in [6.45, 7) is 0. The molecule has 1 N–H and O–H groups in total. The molecule has 2 aromatic rings. The molecule has 27 heavy (non-hydrogen) atoms. The van der Waals surface area contributed by atoms with E-state index in [4.69, 9.17) is 27.9 Å². The first kappa shape index (κ1) is 19.3. The molecule has 3 rings (SSSR count). The molecule has 0 saturated heterocycles. The zero-order valence-electron chi connectivity index (χ0n) is 14.1. The van der Waals surface area contributed by atoms with E-state index < -0.39 is 10.8 Å². The third kappa shape index (κ3) is 5.05. The number of nitrogens with one attached hydrogen (secondary N) is 1. The number of nitrogens with zero attached hydrogens (tertiary/aromatic N) is 3. The van der Waals surface area contributed by atoms with E-state index in [0.29, 0.717) is 17.9 Å². The summed E-state index contributed by atoms with van der Waals surface area (Å²) in [6.07, 6.45) is 5.75. The van der Waals surface area contributed by atoms with Crippen molar-refractivity contribution >= 4 is 34.8 Å². The first-order valence-corrected chi connectivity index (χ1v) is 9.07. The van der Waals surface area contributed by atoms with Gasteiger partial charge in [0.15, 0.2) is 0 Å². The van der Waals surface area contributed by atoms with Gasteiger partial charge in [-0.1, -0.05) is 23.2 Å². The molecule has 142 valence electrons. The van der Waals surface area contributed by atoms with Crippen LogP contribution >= 0.6 is 23.2 Å². The summed E-state index contributed by atoms with van der Waals surface area (Å²) in [5.74, 6) is -0.422. The standard InChI is InChI=1S/C17H16Cl2N4O4/c18-10-8-20-17(21-9-10)27-13-4-1-11(2-5-13)22-16(24)14-7-12(23(25)26)3-6-15(14)19/h3,6-9,11,13H,1-2,4-5H2,(H,22,24). The number of benzene rings is 1. The van der Waals surface area contributed by atoms with Crippen LogP contribution in [0.1, 0.15) is 36.0 Å². The number of nitro groups is 1. The van der Waals surface area contributed by atoms with E-state index in [0.717, 1.165) is 12.8 Å². The lowest BCUT2D eigenvalue weighted by Crippen LogP contribution is -2.39. The number of carbonyl (C=O) groups excluding carboxylic acids is 1. The van der Waals surface area contributed by atoms with Gasteiger partial charge in [-0.15, -0.1) is 0 Å². The maximum atomic E-state index is 12.4. The molecule has 1 aromatic heterocycles.